The topological polar surface area (TPSA) is 29.5 Å². The Kier molecular flexibility index (Phi) is 7.66. The Bertz CT molecular complexity index is 905. The minimum absolute atomic E-state index is 0.0866. The summed E-state index contributed by atoms with van der Waals surface area (Å²) >= 11 is 0. The molecule has 3 heteroatoms. The van der Waals surface area contributed by atoms with Crippen molar-refractivity contribution in [3.8, 4) is 0 Å². The normalized spacial score (nSPS) is 14.5. The summed E-state index contributed by atoms with van der Waals surface area (Å²) in [5.41, 5.74) is 1.16. The molecule has 0 radical (unpaired) electrons. The van der Waals surface area contributed by atoms with Crippen LogP contribution in [0, 0.1) is 0 Å². The summed E-state index contributed by atoms with van der Waals surface area (Å²) in [5, 5.41) is 12.2. The van der Waals surface area contributed by atoms with Gasteiger partial charge in [-0.3, -0.25) is 0 Å². The highest BCUT2D eigenvalue weighted by Gasteiger charge is 2.51. The lowest BCUT2D eigenvalue weighted by atomic mass is 10.1. The predicted molar refractivity (Wildman–Crippen MR) is 133 cm³/mol. The van der Waals surface area contributed by atoms with Crippen LogP contribution in [0.4, 0.5) is 0 Å². The van der Waals surface area contributed by atoms with Crippen molar-refractivity contribution < 1.29 is 9.53 Å². The van der Waals surface area contributed by atoms with Crippen LogP contribution in [0.5, 0.6) is 0 Å². The van der Waals surface area contributed by atoms with Gasteiger partial charge in [-0.15, -0.1) is 0 Å². The van der Waals surface area contributed by atoms with E-state index in [1.165, 1.54) is 10.4 Å². The molecule has 2 nitrogen and oxygen atoms in total. The first-order valence-electron chi connectivity index (χ1n) is 11.0. The third-order valence-electron chi connectivity index (χ3n) is 5.67. The van der Waals surface area contributed by atoms with Crippen molar-refractivity contribution in [2.45, 2.75) is 51.4 Å². The lowest BCUT2D eigenvalue weighted by molar-refractivity contribution is 0.193. The van der Waals surface area contributed by atoms with Crippen molar-refractivity contribution in [1.82, 2.24) is 0 Å². The number of rotatable bonds is 8. The van der Waals surface area contributed by atoms with Gasteiger partial charge in [0.2, 0.25) is 0 Å². The van der Waals surface area contributed by atoms with E-state index in [0.717, 1.165) is 5.56 Å². The van der Waals surface area contributed by atoms with Gasteiger partial charge in [0.05, 0.1) is 12.2 Å². The van der Waals surface area contributed by atoms with Crippen molar-refractivity contribution in [1.29, 1.82) is 0 Å². The van der Waals surface area contributed by atoms with E-state index in [2.05, 4.69) is 106 Å². The van der Waals surface area contributed by atoms with E-state index in [0.29, 0.717) is 6.42 Å². The van der Waals surface area contributed by atoms with Gasteiger partial charge in [-0.2, -0.15) is 0 Å². The minimum Gasteiger partial charge on any atom is -0.400 e. The molecule has 0 aliphatic heterocycles. The third kappa shape index (κ3) is 5.42. The molecular formula is C28H34O2Si. The molecule has 2 atom stereocenters. The summed E-state index contributed by atoms with van der Waals surface area (Å²) in [7, 11) is -2.67. The van der Waals surface area contributed by atoms with Crippen molar-refractivity contribution >= 4 is 18.7 Å². The Morgan fingerprint density at radius 2 is 1.26 bits per heavy atom. The molecule has 0 saturated carbocycles. The molecule has 3 rings (SSSR count). The number of benzene rings is 3. The van der Waals surface area contributed by atoms with Gasteiger partial charge in [0.15, 0.2) is 0 Å². The fourth-order valence-corrected chi connectivity index (χ4v) is 8.90. The first-order valence-corrected chi connectivity index (χ1v) is 12.9. The molecule has 0 amide bonds. The molecule has 0 aliphatic carbocycles. The van der Waals surface area contributed by atoms with E-state index in [-0.39, 0.29) is 11.1 Å². The zero-order valence-electron chi connectivity index (χ0n) is 19.0. The van der Waals surface area contributed by atoms with Crippen LogP contribution in [-0.4, -0.2) is 19.5 Å². The number of aliphatic hydroxyl groups excluding tert-OH is 1. The van der Waals surface area contributed by atoms with Crippen molar-refractivity contribution in [2.24, 2.45) is 0 Å². The maximum Gasteiger partial charge on any atom is 0.261 e. The molecule has 0 aromatic heterocycles. The molecule has 3 aromatic carbocycles. The second-order valence-corrected chi connectivity index (χ2v) is 13.3. The molecule has 0 saturated heterocycles. The summed E-state index contributed by atoms with van der Waals surface area (Å²) in [6.07, 6.45) is 4.01. The number of hydrogen-bond acceptors (Lipinski definition) is 2. The molecule has 0 spiro atoms. The fourth-order valence-electron chi connectivity index (χ4n) is 4.22. The maximum absolute atomic E-state index is 9.73. The molecule has 1 N–H and O–H groups in total. The summed E-state index contributed by atoms with van der Waals surface area (Å²) in [6, 6.07) is 31.9. The molecule has 0 bridgehead atoms. The van der Waals surface area contributed by atoms with Gasteiger partial charge < -0.3 is 9.53 Å². The van der Waals surface area contributed by atoms with Crippen LogP contribution >= 0.6 is 0 Å². The van der Waals surface area contributed by atoms with Gasteiger partial charge in [-0.05, 0) is 34.3 Å². The lowest BCUT2D eigenvalue weighted by Gasteiger charge is -2.45. The van der Waals surface area contributed by atoms with Crippen LogP contribution in [0.25, 0.3) is 0 Å². The Hall–Kier alpha value is -2.46. The summed E-state index contributed by atoms with van der Waals surface area (Å²) in [4.78, 5) is 0. The Morgan fingerprint density at radius 1 is 0.806 bits per heavy atom. The largest absolute Gasteiger partial charge is 0.400 e. The SMILES string of the molecule is CC(O)/C=C\CC(O[Si](c1ccccc1)(c1ccccc1)C(C)(C)C)c1ccccc1. The van der Waals surface area contributed by atoms with Crippen LogP contribution in [0.1, 0.15) is 45.8 Å². The zero-order chi connectivity index (χ0) is 22.3. The molecule has 2 unspecified atom stereocenters. The fraction of sp³-hybridized carbons (Fsp3) is 0.286. The summed E-state index contributed by atoms with van der Waals surface area (Å²) in [6.45, 7) is 8.67. The van der Waals surface area contributed by atoms with Crippen molar-refractivity contribution in [3.63, 3.8) is 0 Å². The maximum atomic E-state index is 9.73. The highest BCUT2D eigenvalue weighted by Crippen LogP contribution is 2.40. The van der Waals surface area contributed by atoms with Crippen LogP contribution in [-0.2, 0) is 4.43 Å². The van der Waals surface area contributed by atoms with E-state index in [4.69, 9.17) is 4.43 Å². The van der Waals surface area contributed by atoms with Gasteiger partial charge in [-0.1, -0.05) is 124 Å². The molecule has 3 aromatic rings. The average molecular weight is 431 g/mol. The molecule has 0 aliphatic rings. The molecule has 0 fully saturated rings. The van der Waals surface area contributed by atoms with E-state index < -0.39 is 14.4 Å². The lowest BCUT2D eigenvalue weighted by Crippen LogP contribution is -2.66. The number of hydrogen-bond donors (Lipinski definition) is 1. The summed E-state index contributed by atoms with van der Waals surface area (Å²) in [5.74, 6) is 0. The molecular weight excluding hydrogens is 396 g/mol. The van der Waals surface area contributed by atoms with Crippen molar-refractivity contribution in [3.05, 3.63) is 109 Å². The Labute approximate surface area is 188 Å². The number of aliphatic hydroxyl groups is 1. The second-order valence-electron chi connectivity index (χ2n) is 9.08. The Morgan fingerprint density at radius 3 is 1.68 bits per heavy atom. The third-order valence-corrected chi connectivity index (χ3v) is 10.7. The first kappa shape index (κ1) is 23.2. The molecule has 31 heavy (non-hydrogen) atoms. The van der Waals surface area contributed by atoms with E-state index in [1.807, 2.05) is 18.2 Å². The van der Waals surface area contributed by atoms with E-state index in [1.54, 1.807) is 6.92 Å². The van der Waals surface area contributed by atoms with E-state index >= 15 is 0 Å². The van der Waals surface area contributed by atoms with Crippen LogP contribution in [0.3, 0.4) is 0 Å². The van der Waals surface area contributed by atoms with Crippen LogP contribution < -0.4 is 10.4 Å². The molecule has 0 heterocycles. The van der Waals surface area contributed by atoms with Crippen molar-refractivity contribution in [2.75, 3.05) is 0 Å². The van der Waals surface area contributed by atoms with Gasteiger partial charge in [0.1, 0.15) is 0 Å². The molecule has 162 valence electrons. The standard InChI is InChI=1S/C28H34O2Si/c1-23(29)15-14-22-27(24-16-8-5-9-17-24)30-31(28(2,3)4,25-18-10-6-11-19-25)26-20-12-7-13-21-26/h5-21,23,27,29H,22H2,1-4H3/b15-14-. The average Bonchev–Trinajstić information content (AvgIpc) is 2.77. The van der Waals surface area contributed by atoms with Crippen LogP contribution in [0.2, 0.25) is 5.04 Å². The smallest absolute Gasteiger partial charge is 0.261 e. The predicted octanol–water partition coefficient (Wildman–Crippen LogP) is 5.63. The minimum atomic E-state index is -2.67. The highest BCUT2D eigenvalue weighted by atomic mass is 28.4. The monoisotopic (exact) mass is 430 g/mol. The van der Waals surface area contributed by atoms with Gasteiger partial charge in [0, 0.05) is 0 Å². The quantitative estimate of drug-likeness (QED) is 0.371. The van der Waals surface area contributed by atoms with Gasteiger partial charge >= 0.3 is 0 Å². The van der Waals surface area contributed by atoms with E-state index in [9.17, 15) is 5.11 Å². The zero-order valence-corrected chi connectivity index (χ0v) is 20.0. The first-order chi connectivity index (χ1) is 14.8. The summed E-state index contributed by atoms with van der Waals surface area (Å²) < 4.78 is 7.35. The van der Waals surface area contributed by atoms with Gasteiger partial charge in [0.25, 0.3) is 8.32 Å². The van der Waals surface area contributed by atoms with Gasteiger partial charge in [-0.25, -0.2) is 0 Å². The van der Waals surface area contributed by atoms with Crippen LogP contribution in [0.15, 0.2) is 103 Å². The second kappa shape index (κ2) is 10.2. The highest BCUT2D eigenvalue weighted by molar-refractivity contribution is 6.99. The Balaban J connectivity index is 2.17.